The topological polar surface area (TPSA) is 29.5 Å². The van der Waals surface area contributed by atoms with E-state index in [9.17, 15) is 4.79 Å². The molecule has 0 aliphatic carbocycles. The minimum absolute atomic E-state index is 0.155. The van der Waals surface area contributed by atoms with E-state index in [-0.39, 0.29) is 5.97 Å². The summed E-state index contributed by atoms with van der Waals surface area (Å²) in [6.45, 7) is 5.80. The summed E-state index contributed by atoms with van der Waals surface area (Å²) in [7, 11) is 3.44. The summed E-state index contributed by atoms with van der Waals surface area (Å²) in [6, 6.07) is 6.46. The van der Waals surface area contributed by atoms with Crippen molar-refractivity contribution >= 4 is 5.97 Å². The predicted molar refractivity (Wildman–Crippen MR) is 68.9 cm³/mol. The molecule has 0 aliphatic rings. The summed E-state index contributed by atoms with van der Waals surface area (Å²) >= 11 is 0. The van der Waals surface area contributed by atoms with Crippen LogP contribution < -0.4 is 0 Å². The van der Waals surface area contributed by atoms with E-state index >= 15 is 0 Å². The first-order chi connectivity index (χ1) is 8.02. The lowest BCUT2D eigenvalue weighted by Gasteiger charge is -2.17. The second kappa shape index (κ2) is 6.40. The van der Waals surface area contributed by atoms with Gasteiger partial charge in [0.15, 0.2) is 0 Å². The molecule has 3 nitrogen and oxygen atoms in total. The zero-order valence-electron chi connectivity index (χ0n) is 11.1. The van der Waals surface area contributed by atoms with Gasteiger partial charge in [-0.2, -0.15) is 0 Å². The van der Waals surface area contributed by atoms with Gasteiger partial charge >= 0.3 is 5.97 Å². The zero-order valence-corrected chi connectivity index (χ0v) is 11.1. The van der Waals surface area contributed by atoms with Crippen molar-refractivity contribution in [1.82, 2.24) is 4.90 Å². The van der Waals surface area contributed by atoms with Crippen LogP contribution in [0.3, 0.4) is 0 Å². The molecule has 1 aromatic carbocycles. The van der Waals surface area contributed by atoms with Crippen molar-refractivity contribution in [3.8, 4) is 0 Å². The zero-order chi connectivity index (χ0) is 12.8. The first-order valence-corrected chi connectivity index (χ1v) is 5.84. The van der Waals surface area contributed by atoms with Crippen LogP contribution in [0.15, 0.2) is 18.2 Å². The highest BCUT2D eigenvalue weighted by Crippen LogP contribution is 2.12. The normalized spacial score (nSPS) is 10.6. The lowest BCUT2D eigenvalue weighted by Crippen LogP contribution is -2.22. The van der Waals surface area contributed by atoms with Crippen molar-refractivity contribution < 1.29 is 9.53 Å². The number of aryl methyl sites for hydroxylation is 2. The molecule has 0 fully saturated rings. The molecule has 94 valence electrons. The number of carbonyl (C=O) groups excluding carboxylic acids is 1. The Morgan fingerprint density at radius 2 is 2.06 bits per heavy atom. The van der Waals surface area contributed by atoms with Gasteiger partial charge in [-0.3, -0.25) is 4.79 Å². The SMILES string of the molecule is COC(=O)CCN(C)Cc1ccc(C)cc1C. The van der Waals surface area contributed by atoms with E-state index in [2.05, 4.69) is 41.7 Å². The molecule has 0 bridgehead atoms. The summed E-state index contributed by atoms with van der Waals surface area (Å²) in [4.78, 5) is 13.2. The van der Waals surface area contributed by atoms with Gasteiger partial charge in [-0.1, -0.05) is 23.8 Å². The largest absolute Gasteiger partial charge is 0.469 e. The molecule has 0 saturated heterocycles. The summed E-state index contributed by atoms with van der Waals surface area (Å²) in [5.74, 6) is -0.155. The molecule has 0 atom stereocenters. The maximum absolute atomic E-state index is 11.0. The molecule has 0 saturated carbocycles. The first kappa shape index (κ1) is 13.7. The molecule has 0 N–H and O–H groups in total. The van der Waals surface area contributed by atoms with E-state index < -0.39 is 0 Å². The van der Waals surface area contributed by atoms with Crippen molar-refractivity contribution in [2.75, 3.05) is 20.7 Å². The Kier molecular flexibility index (Phi) is 5.16. The highest BCUT2D eigenvalue weighted by Gasteiger charge is 2.06. The highest BCUT2D eigenvalue weighted by atomic mass is 16.5. The Bertz CT molecular complexity index is 388. The Morgan fingerprint density at radius 3 is 2.65 bits per heavy atom. The van der Waals surface area contributed by atoms with Crippen LogP contribution in [-0.4, -0.2) is 31.6 Å². The van der Waals surface area contributed by atoms with Gasteiger partial charge in [-0.25, -0.2) is 0 Å². The van der Waals surface area contributed by atoms with Gasteiger partial charge in [0.1, 0.15) is 0 Å². The van der Waals surface area contributed by atoms with E-state index in [1.165, 1.54) is 23.8 Å². The lowest BCUT2D eigenvalue weighted by atomic mass is 10.1. The molecule has 0 aliphatic heterocycles. The van der Waals surface area contributed by atoms with Gasteiger partial charge in [0.2, 0.25) is 0 Å². The molecule has 0 aromatic heterocycles. The van der Waals surface area contributed by atoms with Gasteiger partial charge in [-0.05, 0) is 32.0 Å². The lowest BCUT2D eigenvalue weighted by molar-refractivity contribution is -0.140. The van der Waals surface area contributed by atoms with Crippen molar-refractivity contribution in [1.29, 1.82) is 0 Å². The van der Waals surface area contributed by atoms with Gasteiger partial charge in [0.05, 0.1) is 13.5 Å². The molecule has 0 radical (unpaired) electrons. The van der Waals surface area contributed by atoms with Crippen LogP contribution in [-0.2, 0) is 16.1 Å². The van der Waals surface area contributed by atoms with Gasteiger partial charge in [0.25, 0.3) is 0 Å². The number of rotatable bonds is 5. The second-order valence-corrected chi connectivity index (χ2v) is 4.49. The maximum Gasteiger partial charge on any atom is 0.306 e. The molecular weight excluding hydrogens is 214 g/mol. The number of hydrogen-bond acceptors (Lipinski definition) is 3. The standard InChI is InChI=1S/C14H21NO2/c1-11-5-6-13(12(2)9-11)10-15(3)8-7-14(16)17-4/h5-6,9H,7-8,10H2,1-4H3. The number of esters is 1. The molecule has 0 unspecified atom stereocenters. The third-order valence-electron chi connectivity index (χ3n) is 2.86. The third-order valence-corrected chi connectivity index (χ3v) is 2.86. The van der Waals surface area contributed by atoms with Gasteiger partial charge in [0, 0.05) is 13.1 Å². The Labute approximate surface area is 103 Å². The summed E-state index contributed by atoms with van der Waals surface area (Å²) in [5, 5.41) is 0. The first-order valence-electron chi connectivity index (χ1n) is 5.84. The minimum atomic E-state index is -0.155. The van der Waals surface area contributed by atoms with Crippen LogP contribution in [0.5, 0.6) is 0 Å². The van der Waals surface area contributed by atoms with E-state index in [1.54, 1.807) is 0 Å². The molecule has 17 heavy (non-hydrogen) atoms. The monoisotopic (exact) mass is 235 g/mol. The van der Waals surface area contributed by atoms with Crippen LogP contribution >= 0.6 is 0 Å². The predicted octanol–water partition coefficient (Wildman–Crippen LogP) is 2.30. The summed E-state index contributed by atoms with van der Waals surface area (Å²) in [5.41, 5.74) is 3.89. The molecular formula is C14H21NO2. The van der Waals surface area contributed by atoms with Crippen molar-refractivity contribution in [3.05, 3.63) is 34.9 Å². The molecule has 0 amide bonds. The Morgan fingerprint density at radius 1 is 1.35 bits per heavy atom. The van der Waals surface area contributed by atoms with Crippen LogP contribution in [0.25, 0.3) is 0 Å². The number of benzene rings is 1. The number of ether oxygens (including phenoxy) is 1. The summed E-state index contributed by atoms with van der Waals surface area (Å²) in [6.07, 6.45) is 0.442. The third kappa shape index (κ3) is 4.57. The van der Waals surface area contributed by atoms with Gasteiger partial charge < -0.3 is 9.64 Å². The van der Waals surface area contributed by atoms with E-state index in [0.29, 0.717) is 6.42 Å². The number of hydrogen-bond donors (Lipinski definition) is 0. The fraction of sp³-hybridized carbons (Fsp3) is 0.500. The van der Waals surface area contributed by atoms with Crippen LogP contribution in [0.4, 0.5) is 0 Å². The van der Waals surface area contributed by atoms with Crippen molar-refractivity contribution in [2.45, 2.75) is 26.8 Å². The van der Waals surface area contributed by atoms with E-state index in [4.69, 9.17) is 0 Å². The average Bonchev–Trinajstić information content (AvgIpc) is 2.29. The van der Waals surface area contributed by atoms with E-state index in [1.807, 2.05) is 7.05 Å². The van der Waals surface area contributed by atoms with Crippen LogP contribution in [0, 0.1) is 13.8 Å². The molecule has 1 aromatic rings. The van der Waals surface area contributed by atoms with Crippen molar-refractivity contribution in [3.63, 3.8) is 0 Å². The quantitative estimate of drug-likeness (QED) is 0.733. The molecule has 0 heterocycles. The number of carbonyl (C=O) groups is 1. The fourth-order valence-corrected chi connectivity index (χ4v) is 1.78. The molecule has 1 rings (SSSR count). The maximum atomic E-state index is 11.0. The fourth-order valence-electron chi connectivity index (χ4n) is 1.78. The van der Waals surface area contributed by atoms with E-state index in [0.717, 1.165) is 13.1 Å². The Balaban J connectivity index is 2.50. The minimum Gasteiger partial charge on any atom is -0.469 e. The summed E-state index contributed by atoms with van der Waals surface area (Å²) < 4.78 is 4.62. The van der Waals surface area contributed by atoms with Gasteiger partial charge in [-0.15, -0.1) is 0 Å². The van der Waals surface area contributed by atoms with Crippen LogP contribution in [0.1, 0.15) is 23.1 Å². The van der Waals surface area contributed by atoms with Crippen LogP contribution in [0.2, 0.25) is 0 Å². The number of methoxy groups -OCH3 is 1. The Hall–Kier alpha value is -1.35. The second-order valence-electron chi connectivity index (χ2n) is 4.49. The highest BCUT2D eigenvalue weighted by molar-refractivity contribution is 5.69. The molecule has 0 spiro atoms. The average molecular weight is 235 g/mol. The smallest absolute Gasteiger partial charge is 0.306 e. The molecule has 3 heteroatoms. The van der Waals surface area contributed by atoms with Crippen molar-refractivity contribution in [2.24, 2.45) is 0 Å². The number of nitrogens with zero attached hydrogens (tertiary/aromatic N) is 1.